The Bertz CT molecular complexity index is 492. The van der Waals surface area contributed by atoms with Crippen molar-refractivity contribution < 1.29 is 13.2 Å². The molecule has 0 unspecified atom stereocenters. The van der Waals surface area contributed by atoms with Crippen LogP contribution in [0.3, 0.4) is 0 Å². The number of alkyl halides is 3. The van der Waals surface area contributed by atoms with E-state index in [2.05, 4.69) is 10.2 Å². The van der Waals surface area contributed by atoms with E-state index in [0.717, 1.165) is 18.5 Å². The number of hydrogen-bond acceptors (Lipinski definition) is 2. The summed E-state index contributed by atoms with van der Waals surface area (Å²) in [6.45, 7) is 1.27. The number of fused-ring (bicyclic) bond motifs is 1. The summed E-state index contributed by atoms with van der Waals surface area (Å²) < 4.78 is 38.4. The summed E-state index contributed by atoms with van der Waals surface area (Å²) in [5, 5.41) is 2.69. The predicted molar refractivity (Wildman–Crippen MR) is 68.3 cm³/mol. The largest absolute Gasteiger partial charge is 0.406 e. The van der Waals surface area contributed by atoms with Gasteiger partial charge in [0.25, 0.3) is 0 Å². The minimum atomic E-state index is -4.13. The molecule has 1 aromatic carbocycles. The SMILES string of the molecule is CN1CCc2cc(CNC3(C(F)(F)F)CC3)ccc21. The van der Waals surface area contributed by atoms with Crippen LogP contribution in [0.1, 0.15) is 24.0 Å². The highest BCUT2D eigenvalue weighted by atomic mass is 19.4. The Balaban J connectivity index is 1.69. The molecule has 2 nitrogen and oxygen atoms in total. The van der Waals surface area contributed by atoms with Crippen molar-refractivity contribution in [1.82, 2.24) is 5.32 Å². The van der Waals surface area contributed by atoms with Gasteiger partial charge in [-0.2, -0.15) is 13.2 Å². The van der Waals surface area contributed by atoms with Gasteiger partial charge in [0, 0.05) is 25.8 Å². The minimum absolute atomic E-state index is 0.199. The normalized spacial score (nSPS) is 20.5. The molecule has 0 radical (unpaired) electrons. The summed E-state index contributed by atoms with van der Waals surface area (Å²) in [7, 11) is 2.03. The van der Waals surface area contributed by atoms with Crippen molar-refractivity contribution in [3.05, 3.63) is 29.3 Å². The quantitative estimate of drug-likeness (QED) is 0.908. The number of benzene rings is 1. The van der Waals surface area contributed by atoms with Crippen molar-refractivity contribution in [3.8, 4) is 0 Å². The van der Waals surface area contributed by atoms with Gasteiger partial charge in [-0.15, -0.1) is 0 Å². The van der Waals surface area contributed by atoms with Gasteiger partial charge in [0.2, 0.25) is 0 Å². The third kappa shape index (κ3) is 2.20. The molecule has 2 aliphatic rings. The van der Waals surface area contributed by atoms with Crippen LogP contribution < -0.4 is 10.2 Å². The summed E-state index contributed by atoms with van der Waals surface area (Å²) >= 11 is 0. The molecular weight excluding hydrogens is 253 g/mol. The van der Waals surface area contributed by atoms with Crippen molar-refractivity contribution in [2.24, 2.45) is 0 Å². The van der Waals surface area contributed by atoms with Gasteiger partial charge >= 0.3 is 6.18 Å². The molecule has 1 N–H and O–H groups in total. The van der Waals surface area contributed by atoms with E-state index in [-0.39, 0.29) is 19.4 Å². The summed E-state index contributed by atoms with van der Waals surface area (Å²) in [5.74, 6) is 0. The predicted octanol–water partition coefficient (Wildman–Crippen LogP) is 2.86. The third-order valence-electron chi connectivity index (χ3n) is 4.20. The van der Waals surface area contributed by atoms with Crippen molar-refractivity contribution in [2.75, 3.05) is 18.5 Å². The van der Waals surface area contributed by atoms with E-state index in [0.29, 0.717) is 0 Å². The molecule has 0 saturated heterocycles. The smallest absolute Gasteiger partial charge is 0.374 e. The second-order valence-electron chi connectivity index (χ2n) is 5.57. The van der Waals surface area contributed by atoms with Crippen LogP contribution in [0.25, 0.3) is 0 Å². The molecule has 0 aromatic heterocycles. The molecule has 1 heterocycles. The molecule has 1 fully saturated rings. The Morgan fingerprint density at radius 2 is 2.05 bits per heavy atom. The Labute approximate surface area is 110 Å². The fourth-order valence-electron chi connectivity index (χ4n) is 2.69. The maximum atomic E-state index is 12.8. The van der Waals surface area contributed by atoms with Crippen LogP contribution in [0.15, 0.2) is 18.2 Å². The van der Waals surface area contributed by atoms with E-state index >= 15 is 0 Å². The zero-order chi connectivity index (χ0) is 13.7. The van der Waals surface area contributed by atoms with Gasteiger partial charge in [-0.3, -0.25) is 5.32 Å². The highest BCUT2D eigenvalue weighted by Gasteiger charge is 2.62. The molecule has 1 aromatic rings. The Kier molecular flexibility index (Phi) is 2.78. The highest BCUT2D eigenvalue weighted by molar-refractivity contribution is 5.58. The van der Waals surface area contributed by atoms with Gasteiger partial charge in [0.1, 0.15) is 5.54 Å². The maximum absolute atomic E-state index is 12.8. The number of rotatable bonds is 3. The Morgan fingerprint density at radius 3 is 2.68 bits per heavy atom. The average Bonchev–Trinajstić information content (AvgIpc) is 3.07. The first-order valence-electron chi connectivity index (χ1n) is 6.56. The first kappa shape index (κ1) is 12.8. The first-order valence-corrected chi connectivity index (χ1v) is 6.56. The number of likely N-dealkylation sites (N-methyl/N-ethyl adjacent to an activating group) is 1. The van der Waals surface area contributed by atoms with Crippen LogP contribution in [-0.2, 0) is 13.0 Å². The van der Waals surface area contributed by atoms with Crippen LogP contribution in [0.5, 0.6) is 0 Å². The fraction of sp³-hybridized carbons (Fsp3) is 0.571. The first-order chi connectivity index (χ1) is 8.91. The molecule has 3 rings (SSSR count). The molecule has 5 heteroatoms. The molecule has 0 atom stereocenters. The lowest BCUT2D eigenvalue weighted by Gasteiger charge is -2.21. The molecule has 1 aliphatic carbocycles. The molecule has 1 aliphatic heterocycles. The second kappa shape index (κ2) is 4.13. The van der Waals surface area contributed by atoms with Gasteiger partial charge in [0.05, 0.1) is 0 Å². The van der Waals surface area contributed by atoms with E-state index < -0.39 is 11.7 Å². The topological polar surface area (TPSA) is 15.3 Å². The van der Waals surface area contributed by atoms with Gasteiger partial charge in [0.15, 0.2) is 0 Å². The number of nitrogens with zero attached hydrogens (tertiary/aromatic N) is 1. The molecule has 0 spiro atoms. The van der Waals surface area contributed by atoms with E-state index in [1.54, 1.807) is 0 Å². The van der Waals surface area contributed by atoms with E-state index in [1.807, 2.05) is 25.2 Å². The van der Waals surface area contributed by atoms with Crippen LogP contribution in [0, 0.1) is 0 Å². The third-order valence-corrected chi connectivity index (χ3v) is 4.20. The lowest BCUT2D eigenvalue weighted by Crippen LogP contribution is -2.44. The van der Waals surface area contributed by atoms with Crippen LogP contribution in [0.4, 0.5) is 18.9 Å². The molecule has 104 valence electrons. The van der Waals surface area contributed by atoms with E-state index in [9.17, 15) is 13.2 Å². The lowest BCUT2D eigenvalue weighted by molar-refractivity contribution is -0.166. The summed E-state index contributed by atoms with van der Waals surface area (Å²) in [6.07, 6.45) is -2.76. The Hall–Kier alpha value is -1.23. The van der Waals surface area contributed by atoms with Gasteiger partial charge in [-0.25, -0.2) is 0 Å². The number of halogens is 3. The van der Waals surface area contributed by atoms with E-state index in [1.165, 1.54) is 11.3 Å². The summed E-state index contributed by atoms with van der Waals surface area (Å²) in [6, 6.07) is 5.95. The Morgan fingerprint density at radius 1 is 1.32 bits per heavy atom. The molecule has 0 amide bonds. The van der Waals surface area contributed by atoms with Gasteiger partial charge in [-0.1, -0.05) is 12.1 Å². The number of hydrogen-bond donors (Lipinski definition) is 1. The van der Waals surface area contributed by atoms with Crippen molar-refractivity contribution in [2.45, 2.75) is 37.5 Å². The van der Waals surface area contributed by atoms with Crippen LogP contribution in [0.2, 0.25) is 0 Å². The molecule has 0 bridgehead atoms. The maximum Gasteiger partial charge on any atom is 0.406 e. The summed E-state index contributed by atoms with van der Waals surface area (Å²) in [4.78, 5) is 2.17. The molecule has 1 saturated carbocycles. The van der Waals surface area contributed by atoms with Crippen molar-refractivity contribution in [1.29, 1.82) is 0 Å². The average molecular weight is 270 g/mol. The zero-order valence-electron chi connectivity index (χ0n) is 10.8. The standard InChI is InChI=1S/C14H17F3N2/c1-19-7-4-11-8-10(2-3-12(11)19)9-18-13(5-6-13)14(15,16)17/h2-3,8,18H,4-7,9H2,1H3. The minimum Gasteiger partial charge on any atom is -0.374 e. The van der Waals surface area contributed by atoms with Crippen LogP contribution in [-0.4, -0.2) is 25.3 Å². The highest BCUT2D eigenvalue weighted by Crippen LogP contribution is 2.49. The van der Waals surface area contributed by atoms with Gasteiger partial charge < -0.3 is 4.90 Å². The monoisotopic (exact) mass is 270 g/mol. The molecular formula is C14H17F3N2. The van der Waals surface area contributed by atoms with Crippen LogP contribution >= 0.6 is 0 Å². The fourth-order valence-corrected chi connectivity index (χ4v) is 2.69. The number of anilines is 1. The van der Waals surface area contributed by atoms with Crippen molar-refractivity contribution in [3.63, 3.8) is 0 Å². The number of nitrogens with one attached hydrogen (secondary N) is 1. The summed E-state index contributed by atoms with van der Waals surface area (Å²) in [5.41, 5.74) is 1.74. The van der Waals surface area contributed by atoms with Gasteiger partial charge in [-0.05, 0) is 36.5 Å². The van der Waals surface area contributed by atoms with Crippen molar-refractivity contribution >= 4 is 5.69 Å². The zero-order valence-corrected chi connectivity index (χ0v) is 10.8. The second-order valence-corrected chi connectivity index (χ2v) is 5.57. The van der Waals surface area contributed by atoms with E-state index in [4.69, 9.17) is 0 Å². The lowest BCUT2D eigenvalue weighted by atomic mass is 10.1. The molecule has 19 heavy (non-hydrogen) atoms.